The number of ether oxygens (including phenoxy) is 2. The zero-order valence-corrected chi connectivity index (χ0v) is 16.0. The highest BCUT2D eigenvalue weighted by atomic mass is 16.5. The highest BCUT2D eigenvalue weighted by Crippen LogP contribution is 2.57. The molecular weight excluding hydrogens is 326 g/mol. The second kappa shape index (κ2) is 6.87. The molecule has 0 fully saturated rings. The molecule has 136 valence electrons. The molecule has 1 N–H and O–H groups in total. The van der Waals surface area contributed by atoms with E-state index < -0.39 is 0 Å². The number of para-hydroxylation sites is 1. The molecule has 2 aromatic carbocycles. The van der Waals surface area contributed by atoms with Crippen LogP contribution in [0.15, 0.2) is 42.5 Å². The van der Waals surface area contributed by atoms with Crippen LogP contribution in [0.5, 0.6) is 11.5 Å². The predicted octanol–water partition coefficient (Wildman–Crippen LogP) is 5.00. The third-order valence-electron chi connectivity index (χ3n) is 4.83. The van der Waals surface area contributed by atoms with Gasteiger partial charge in [0.15, 0.2) is 11.5 Å². The number of carbonyl (C=O) groups is 1. The number of hydrogen-bond acceptors (Lipinski definition) is 3. The molecule has 3 rings (SSSR count). The Kier molecular flexibility index (Phi) is 4.77. The van der Waals surface area contributed by atoms with Crippen LogP contribution in [0, 0.1) is 5.41 Å². The van der Waals surface area contributed by atoms with Crippen LogP contribution in [0.2, 0.25) is 0 Å². The number of amides is 1. The number of nitrogens with one attached hydrogen (secondary N) is 1. The average Bonchev–Trinajstić information content (AvgIpc) is 2.60. The second-order valence-corrected chi connectivity index (χ2v) is 7.21. The first-order chi connectivity index (χ1) is 12.4. The van der Waals surface area contributed by atoms with E-state index in [-0.39, 0.29) is 11.3 Å². The van der Waals surface area contributed by atoms with Gasteiger partial charge in [-0.2, -0.15) is 0 Å². The van der Waals surface area contributed by atoms with E-state index in [2.05, 4.69) is 31.3 Å². The summed E-state index contributed by atoms with van der Waals surface area (Å²) in [4.78, 5) is 11.6. The van der Waals surface area contributed by atoms with Crippen LogP contribution >= 0.6 is 0 Å². The lowest BCUT2D eigenvalue weighted by Gasteiger charge is -2.42. The molecule has 0 saturated heterocycles. The lowest BCUT2D eigenvalue weighted by Crippen LogP contribution is -2.26. The van der Waals surface area contributed by atoms with Crippen molar-refractivity contribution < 1.29 is 14.3 Å². The smallest absolute Gasteiger partial charge is 0.221 e. The highest BCUT2D eigenvalue weighted by Gasteiger charge is 2.39. The van der Waals surface area contributed by atoms with E-state index in [1.54, 1.807) is 14.2 Å². The molecule has 1 aliphatic rings. The summed E-state index contributed by atoms with van der Waals surface area (Å²) in [6.45, 7) is 6.01. The molecule has 1 aliphatic carbocycles. The van der Waals surface area contributed by atoms with E-state index >= 15 is 0 Å². The molecule has 0 spiro atoms. The lowest BCUT2D eigenvalue weighted by molar-refractivity contribution is -0.114. The SMILES string of the molecule is COc1ccc(C2=C(c3ccccc3NC(C)=O)CC2(C)C)cc1OC. The van der Waals surface area contributed by atoms with Gasteiger partial charge in [0, 0.05) is 18.2 Å². The molecule has 0 aliphatic heterocycles. The zero-order valence-electron chi connectivity index (χ0n) is 16.0. The average molecular weight is 351 g/mol. The Morgan fingerprint density at radius 2 is 1.73 bits per heavy atom. The summed E-state index contributed by atoms with van der Waals surface area (Å²) < 4.78 is 10.8. The summed E-state index contributed by atoms with van der Waals surface area (Å²) in [5.74, 6) is 1.37. The van der Waals surface area contributed by atoms with Crippen molar-refractivity contribution >= 4 is 22.7 Å². The molecule has 26 heavy (non-hydrogen) atoms. The van der Waals surface area contributed by atoms with Crippen molar-refractivity contribution in [1.29, 1.82) is 0 Å². The number of carbonyl (C=O) groups excluding carboxylic acids is 1. The van der Waals surface area contributed by atoms with Crippen molar-refractivity contribution in [1.82, 2.24) is 0 Å². The minimum Gasteiger partial charge on any atom is -0.493 e. The first-order valence-electron chi connectivity index (χ1n) is 8.70. The standard InChI is InChI=1S/C22H25NO3/c1-14(24)23-18-9-7-6-8-16(18)17-13-22(2,3)21(17)15-10-11-19(25-4)20(12-15)26-5/h6-12H,13H2,1-5H3,(H,23,24). The van der Waals surface area contributed by atoms with Crippen molar-refractivity contribution in [2.45, 2.75) is 27.2 Å². The molecule has 0 radical (unpaired) electrons. The van der Waals surface area contributed by atoms with Gasteiger partial charge in [-0.25, -0.2) is 0 Å². The summed E-state index contributed by atoms with van der Waals surface area (Å²) in [5, 5.41) is 2.94. The van der Waals surface area contributed by atoms with Crippen LogP contribution in [0.4, 0.5) is 5.69 Å². The molecule has 0 saturated carbocycles. The first-order valence-corrected chi connectivity index (χ1v) is 8.70. The molecule has 2 aromatic rings. The van der Waals surface area contributed by atoms with Gasteiger partial charge in [-0.15, -0.1) is 0 Å². The third-order valence-corrected chi connectivity index (χ3v) is 4.83. The molecule has 0 aromatic heterocycles. The van der Waals surface area contributed by atoms with Gasteiger partial charge in [0.2, 0.25) is 5.91 Å². The number of anilines is 1. The summed E-state index contributed by atoms with van der Waals surface area (Å²) in [5.41, 5.74) is 5.63. The normalized spacial score (nSPS) is 15.3. The minimum absolute atomic E-state index is 0.0538. The Balaban J connectivity index is 2.14. The molecule has 0 bridgehead atoms. The number of allylic oxidation sites excluding steroid dienone is 2. The van der Waals surface area contributed by atoms with Gasteiger partial charge in [-0.05, 0) is 46.7 Å². The molecule has 4 heteroatoms. The number of benzene rings is 2. The Morgan fingerprint density at radius 3 is 2.35 bits per heavy atom. The van der Waals surface area contributed by atoms with Crippen LogP contribution in [-0.4, -0.2) is 20.1 Å². The monoisotopic (exact) mass is 351 g/mol. The van der Waals surface area contributed by atoms with Crippen LogP contribution in [0.25, 0.3) is 11.1 Å². The van der Waals surface area contributed by atoms with Crippen LogP contribution in [-0.2, 0) is 4.79 Å². The van der Waals surface area contributed by atoms with E-state index in [0.29, 0.717) is 5.75 Å². The summed E-state index contributed by atoms with van der Waals surface area (Å²) in [6, 6.07) is 14.0. The Hall–Kier alpha value is -2.75. The molecule has 0 unspecified atom stereocenters. The fourth-order valence-electron chi connectivity index (χ4n) is 3.75. The van der Waals surface area contributed by atoms with Gasteiger partial charge in [0.25, 0.3) is 0 Å². The van der Waals surface area contributed by atoms with E-state index in [9.17, 15) is 4.79 Å². The largest absolute Gasteiger partial charge is 0.493 e. The zero-order chi connectivity index (χ0) is 18.9. The Morgan fingerprint density at radius 1 is 1.04 bits per heavy atom. The van der Waals surface area contributed by atoms with Crippen LogP contribution in [0.3, 0.4) is 0 Å². The summed E-state index contributed by atoms with van der Waals surface area (Å²) in [7, 11) is 3.29. The maximum atomic E-state index is 11.6. The van der Waals surface area contributed by atoms with Gasteiger partial charge in [-0.3, -0.25) is 4.79 Å². The van der Waals surface area contributed by atoms with E-state index in [4.69, 9.17) is 9.47 Å². The third kappa shape index (κ3) is 3.19. The van der Waals surface area contributed by atoms with Gasteiger partial charge >= 0.3 is 0 Å². The van der Waals surface area contributed by atoms with Crippen molar-refractivity contribution in [2.75, 3.05) is 19.5 Å². The molecule has 0 atom stereocenters. The molecule has 1 amide bonds. The number of methoxy groups -OCH3 is 2. The molecule has 4 nitrogen and oxygen atoms in total. The molecule has 0 heterocycles. The highest BCUT2D eigenvalue weighted by molar-refractivity contribution is 6.04. The second-order valence-electron chi connectivity index (χ2n) is 7.21. The van der Waals surface area contributed by atoms with Crippen molar-refractivity contribution in [3.05, 3.63) is 53.6 Å². The summed E-state index contributed by atoms with van der Waals surface area (Å²) >= 11 is 0. The fraction of sp³-hybridized carbons (Fsp3) is 0.318. The quantitative estimate of drug-likeness (QED) is 0.824. The maximum absolute atomic E-state index is 11.6. The molecular formula is C22H25NO3. The topological polar surface area (TPSA) is 47.6 Å². The van der Waals surface area contributed by atoms with E-state index in [0.717, 1.165) is 29.0 Å². The Bertz CT molecular complexity index is 881. The van der Waals surface area contributed by atoms with Gasteiger partial charge in [0.1, 0.15) is 0 Å². The van der Waals surface area contributed by atoms with E-state index in [1.807, 2.05) is 30.3 Å². The number of hydrogen-bond donors (Lipinski definition) is 1. The van der Waals surface area contributed by atoms with Gasteiger partial charge in [-0.1, -0.05) is 38.1 Å². The number of rotatable bonds is 5. The van der Waals surface area contributed by atoms with Crippen molar-refractivity contribution in [2.24, 2.45) is 5.41 Å². The first kappa shape index (κ1) is 18.1. The lowest BCUT2D eigenvalue weighted by atomic mass is 9.62. The van der Waals surface area contributed by atoms with Crippen LogP contribution in [0.1, 0.15) is 38.3 Å². The fourth-order valence-corrected chi connectivity index (χ4v) is 3.75. The minimum atomic E-state index is -0.0655. The maximum Gasteiger partial charge on any atom is 0.221 e. The van der Waals surface area contributed by atoms with Gasteiger partial charge < -0.3 is 14.8 Å². The van der Waals surface area contributed by atoms with Gasteiger partial charge in [0.05, 0.1) is 14.2 Å². The van der Waals surface area contributed by atoms with E-state index in [1.165, 1.54) is 18.1 Å². The van der Waals surface area contributed by atoms with Crippen molar-refractivity contribution in [3.63, 3.8) is 0 Å². The Labute approximate surface area is 154 Å². The van der Waals surface area contributed by atoms with Crippen LogP contribution < -0.4 is 14.8 Å². The summed E-state index contributed by atoms with van der Waals surface area (Å²) in [6.07, 6.45) is 0.952. The van der Waals surface area contributed by atoms with Crippen molar-refractivity contribution in [3.8, 4) is 11.5 Å². The predicted molar refractivity (Wildman–Crippen MR) is 106 cm³/mol.